The van der Waals surface area contributed by atoms with Gasteiger partial charge in [-0.3, -0.25) is 4.98 Å². The van der Waals surface area contributed by atoms with Gasteiger partial charge >= 0.3 is 0 Å². The van der Waals surface area contributed by atoms with E-state index in [1.165, 1.54) is 0 Å². The van der Waals surface area contributed by atoms with Crippen LogP contribution in [0.1, 0.15) is 18.5 Å². The van der Waals surface area contributed by atoms with Crippen LogP contribution in [0.25, 0.3) is 10.8 Å². The molecule has 1 heterocycles. The van der Waals surface area contributed by atoms with Crippen LogP contribution in [0, 0.1) is 0 Å². The van der Waals surface area contributed by atoms with Crippen molar-refractivity contribution in [2.45, 2.75) is 12.8 Å². The maximum atomic E-state index is 5.69. The first-order chi connectivity index (χ1) is 7.76. The van der Waals surface area contributed by atoms with Crippen molar-refractivity contribution in [3.05, 3.63) is 36.2 Å². The standard InChI is InChI=1S/C13H16N2O/c1-9(8-14)13-12-4-3-11(16-2)7-10(12)5-6-15-13/h3-7,9H,8,14H2,1-2H3. The Morgan fingerprint density at radius 3 is 2.88 bits per heavy atom. The summed E-state index contributed by atoms with van der Waals surface area (Å²) in [6.07, 6.45) is 1.82. The highest BCUT2D eigenvalue weighted by Crippen LogP contribution is 2.26. The van der Waals surface area contributed by atoms with Crippen LogP contribution in [0.3, 0.4) is 0 Å². The van der Waals surface area contributed by atoms with Gasteiger partial charge in [0.15, 0.2) is 0 Å². The minimum absolute atomic E-state index is 0.275. The van der Waals surface area contributed by atoms with Gasteiger partial charge in [0.1, 0.15) is 5.75 Å². The van der Waals surface area contributed by atoms with Crippen molar-refractivity contribution < 1.29 is 4.74 Å². The third kappa shape index (κ3) is 1.86. The molecule has 0 spiro atoms. The van der Waals surface area contributed by atoms with Crippen LogP contribution >= 0.6 is 0 Å². The number of pyridine rings is 1. The van der Waals surface area contributed by atoms with E-state index in [0.29, 0.717) is 6.54 Å². The van der Waals surface area contributed by atoms with Gasteiger partial charge in [0, 0.05) is 24.0 Å². The topological polar surface area (TPSA) is 48.1 Å². The molecule has 84 valence electrons. The second-order valence-electron chi connectivity index (χ2n) is 3.92. The van der Waals surface area contributed by atoms with E-state index in [0.717, 1.165) is 22.2 Å². The van der Waals surface area contributed by atoms with Gasteiger partial charge in [0.05, 0.1) is 12.8 Å². The predicted molar refractivity (Wildman–Crippen MR) is 65.8 cm³/mol. The van der Waals surface area contributed by atoms with Crippen molar-refractivity contribution in [1.29, 1.82) is 0 Å². The molecule has 0 aliphatic heterocycles. The molecule has 1 aromatic carbocycles. The molecule has 0 saturated carbocycles. The quantitative estimate of drug-likeness (QED) is 0.856. The van der Waals surface area contributed by atoms with Crippen LogP contribution in [0.15, 0.2) is 30.5 Å². The van der Waals surface area contributed by atoms with Crippen LogP contribution in [0.2, 0.25) is 0 Å². The van der Waals surface area contributed by atoms with Gasteiger partial charge in [-0.05, 0) is 29.7 Å². The van der Waals surface area contributed by atoms with Crippen LogP contribution in [0.4, 0.5) is 0 Å². The highest BCUT2D eigenvalue weighted by molar-refractivity contribution is 5.86. The molecule has 16 heavy (non-hydrogen) atoms. The van der Waals surface area contributed by atoms with Crippen LogP contribution < -0.4 is 10.5 Å². The first-order valence-corrected chi connectivity index (χ1v) is 5.39. The van der Waals surface area contributed by atoms with Gasteiger partial charge in [-0.15, -0.1) is 0 Å². The normalized spacial score (nSPS) is 12.7. The number of benzene rings is 1. The lowest BCUT2D eigenvalue weighted by Gasteiger charge is -2.11. The number of hydrogen-bond donors (Lipinski definition) is 1. The molecule has 0 saturated heterocycles. The molecule has 3 nitrogen and oxygen atoms in total. The largest absolute Gasteiger partial charge is 0.497 e. The minimum atomic E-state index is 0.275. The Hall–Kier alpha value is -1.61. The van der Waals surface area contributed by atoms with Crippen LogP contribution in [-0.2, 0) is 0 Å². The Kier molecular flexibility index (Phi) is 3.06. The highest BCUT2D eigenvalue weighted by atomic mass is 16.5. The summed E-state index contributed by atoms with van der Waals surface area (Å²) in [6, 6.07) is 8.01. The summed E-state index contributed by atoms with van der Waals surface area (Å²) in [7, 11) is 1.67. The molecule has 1 aromatic heterocycles. The Morgan fingerprint density at radius 1 is 1.38 bits per heavy atom. The first-order valence-electron chi connectivity index (χ1n) is 5.39. The van der Waals surface area contributed by atoms with E-state index in [9.17, 15) is 0 Å². The van der Waals surface area contributed by atoms with E-state index in [1.807, 2.05) is 30.5 Å². The summed E-state index contributed by atoms with van der Waals surface area (Å²) in [6.45, 7) is 2.70. The smallest absolute Gasteiger partial charge is 0.119 e. The molecule has 3 heteroatoms. The van der Waals surface area contributed by atoms with Crippen LogP contribution in [-0.4, -0.2) is 18.6 Å². The lowest BCUT2D eigenvalue weighted by molar-refractivity contribution is 0.415. The molecule has 0 bridgehead atoms. The number of fused-ring (bicyclic) bond motifs is 1. The molecular weight excluding hydrogens is 200 g/mol. The average Bonchev–Trinajstić information content (AvgIpc) is 2.36. The van der Waals surface area contributed by atoms with Gasteiger partial charge in [0.25, 0.3) is 0 Å². The Labute approximate surface area is 95.2 Å². The minimum Gasteiger partial charge on any atom is -0.497 e. The molecule has 2 aromatic rings. The van der Waals surface area contributed by atoms with E-state index < -0.39 is 0 Å². The van der Waals surface area contributed by atoms with E-state index in [-0.39, 0.29) is 5.92 Å². The summed E-state index contributed by atoms with van der Waals surface area (Å²) in [5.74, 6) is 1.14. The predicted octanol–water partition coefficient (Wildman–Crippen LogP) is 2.31. The van der Waals surface area contributed by atoms with Crippen molar-refractivity contribution >= 4 is 10.8 Å². The average molecular weight is 216 g/mol. The molecule has 1 unspecified atom stereocenters. The maximum absolute atomic E-state index is 5.69. The Balaban J connectivity index is 2.60. The molecule has 0 aliphatic rings. The number of aromatic nitrogens is 1. The van der Waals surface area contributed by atoms with E-state index in [1.54, 1.807) is 7.11 Å². The van der Waals surface area contributed by atoms with Gasteiger partial charge < -0.3 is 10.5 Å². The molecule has 2 rings (SSSR count). The van der Waals surface area contributed by atoms with Crippen molar-refractivity contribution in [2.75, 3.05) is 13.7 Å². The SMILES string of the molecule is COc1ccc2c(C(C)CN)nccc2c1. The fourth-order valence-corrected chi connectivity index (χ4v) is 1.81. The van der Waals surface area contributed by atoms with Gasteiger partial charge in [-0.2, -0.15) is 0 Å². The lowest BCUT2D eigenvalue weighted by atomic mass is 10.0. The number of methoxy groups -OCH3 is 1. The molecule has 0 radical (unpaired) electrons. The van der Waals surface area contributed by atoms with Crippen molar-refractivity contribution in [3.63, 3.8) is 0 Å². The van der Waals surface area contributed by atoms with Gasteiger partial charge in [-0.1, -0.05) is 6.92 Å². The maximum Gasteiger partial charge on any atom is 0.119 e. The second-order valence-corrected chi connectivity index (χ2v) is 3.92. The fourth-order valence-electron chi connectivity index (χ4n) is 1.81. The second kappa shape index (κ2) is 4.49. The molecule has 0 amide bonds. The molecule has 1 atom stereocenters. The van der Waals surface area contributed by atoms with Gasteiger partial charge in [-0.25, -0.2) is 0 Å². The summed E-state index contributed by atoms with van der Waals surface area (Å²) >= 11 is 0. The Bertz CT molecular complexity index is 496. The zero-order valence-corrected chi connectivity index (χ0v) is 9.60. The van der Waals surface area contributed by atoms with Gasteiger partial charge in [0.2, 0.25) is 0 Å². The lowest BCUT2D eigenvalue weighted by Crippen LogP contribution is -2.10. The number of hydrogen-bond acceptors (Lipinski definition) is 3. The van der Waals surface area contributed by atoms with E-state index >= 15 is 0 Å². The zero-order valence-electron chi connectivity index (χ0n) is 9.60. The molecule has 2 N–H and O–H groups in total. The monoisotopic (exact) mass is 216 g/mol. The third-order valence-corrected chi connectivity index (χ3v) is 2.82. The van der Waals surface area contributed by atoms with Crippen molar-refractivity contribution in [3.8, 4) is 5.75 Å². The van der Waals surface area contributed by atoms with E-state index in [4.69, 9.17) is 10.5 Å². The number of nitrogens with zero attached hydrogens (tertiary/aromatic N) is 1. The number of nitrogens with two attached hydrogens (primary N) is 1. The summed E-state index contributed by atoms with van der Waals surface area (Å²) in [5.41, 5.74) is 6.74. The highest BCUT2D eigenvalue weighted by Gasteiger charge is 2.09. The summed E-state index contributed by atoms with van der Waals surface area (Å²) in [4.78, 5) is 4.41. The molecule has 0 fully saturated rings. The third-order valence-electron chi connectivity index (χ3n) is 2.82. The fraction of sp³-hybridized carbons (Fsp3) is 0.308. The number of ether oxygens (including phenoxy) is 1. The van der Waals surface area contributed by atoms with Crippen LogP contribution in [0.5, 0.6) is 5.75 Å². The zero-order chi connectivity index (χ0) is 11.5. The number of rotatable bonds is 3. The Morgan fingerprint density at radius 2 is 2.19 bits per heavy atom. The summed E-state index contributed by atoms with van der Waals surface area (Å²) in [5, 5.41) is 2.30. The molecular formula is C13H16N2O. The summed E-state index contributed by atoms with van der Waals surface area (Å²) < 4.78 is 5.20. The van der Waals surface area contributed by atoms with Crippen molar-refractivity contribution in [1.82, 2.24) is 4.98 Å². The first kappa shape index (κ1) is 10.9. The van der Waals surface area contributed by atoms with E-state index in [2.05, 4.69) is 11.9 Å². The van der Waals surface area contributed by atoms with Crippen molar-refractivity contribution in [2.24, 2.45) is 5.73 Å². The molecule has 0 aliphatic carbocycles.